The van der Waals surface area contributed by atoms with Crippen molar-refractivity contribution in [3.8, 4) is 0 Å². The van der Waals surface area contributed by atoms with Gasteiger partial charge in [0.15, 0.2) is 0 Å². The van der Waals surface area contributed by atoms with E-state index in [1.54, 1.807) is 0 Å². The minimum atomic E-state index is -3.48. The fraction of sp³-hybridized carbons (Fsp3) is 0.500. The Kier molecular flexibility index (Phi) is 5.10. The standard InChI is InChI=1S/C20H25N5O4S/c26-20(15-1-2-15)23-18-13-17(16-3-6-21-19(16)22-18)14-4-7-24(8-5-14)30(27,28)25-9-11-29-12-10-25/h3-4,6,13,15H,1-2,5,7-12H2,(H2,21,22,23,26). The largest absolute Gasteiger partial charge is 0.379 e. The molecule has 0 atom stereocenters. The quantitative estimate of drug-likeness (QED) is 0.747. The van der Waals surface area contributed by atoms with E-state index in [1.807, 2.05) is 24.4 Å². The summed E-state index contributed by atoms with van der Waals surface area (Å²) in [4.78, 5) is 19.8. The van der Waals surface area contributed by atoms with Crippen LogP contribution in [0.3, 0.4) is 0 Å². The fourth-order valence-corrected chi connectivity index (χ4v) is 5.51. The number of rotatable bonds is 5. The number of carbonyl (C=O) groups excluding carboxylic acids is 1. The van der Waals surface area contributed by atoms with E-state index in [4.69, 9.17) is 4.74 Å². The topological polar surface area (TPSA) is 108 Å². The molecule has 2 aromatic heterocycles. The molecule has 160 valence electrons. The second-order valence-corrected chi connectivity index (χ2v) is 9.84. The lowest BCUT2D eigenvalue weighted by Gasteiger charge is -2.33. The van der Waals surface area contributed by atoms with Crippen molar-refractivity contribution in [3.05, 3.63) is 30.0 Å². The predicted octanol–water partition coefficient (Wildman–Crippen LogP) is 1.58. The van der Waals surface area contributed by atoms with E-state index >= 15 is 0 Å². The van der Waals surface area contributed by atoms with Gasteiger partial charge in [0.1, 0.15) is 11.5 Å². The number of anilines is 1. The maximum Gasteiger partial charge on any atom is 0.282 e. The van der Waals surface area contributed by atoms with Gasteiger partial charge in [-0.15, -0.1) is 0 Å². The van der Waals surface area contributed by atoms with Crippen molar-refractivity contribution in [2.45, 2.75) is 19.3 Å². The Hall–Kier alpha value is -2.27. The van der Waals surface area contributed by atoms with Gasteiger partial charge in [0.2, 0.25) is 5.91 Å². The third kappa shape index (κ3) is 3.76. The van der Waals surface area contributed by atoms with Crippen LogP contribution < -0.4 is 5.32 Å². The van der Waals surface area contributed by atoms with Crippen LogP contribution >= 0.6 is 0 Å². The van der Waals surface area contributed by atoms with Crippen LogP contribution in [0.5, 0.6) is 0 Å². The van der Waals surface area contributed by atoms with Crippen molar-refractivity contribution in [1.29, 1.82) is 0 Å². The van der Waals surface area contributed by atoms with Crippen molar-refractivity contribution >= 4 is 38.5 Å². The summed E-state index contributed by atoms with van der Waals surface area (Å²) in [5.41, 5.74) is 2.76. The van der Waals surface area contributed by atoms with Crippen LogP contribution in [-0.4, -0.2) is 72.3 Å². The number of aromatic amines is 1. The molecule has 10 heteroatoms. The average Bonchev–Trinajstić information content (AvgIpc) is 3.52. The Morgan fingerprint density at radius 3 is 2.70 bits per heavy atom. The number of carbonyl (C=O) groups is 1. The molecular weight excluding hydrogens is 406 g/mol. The van der Waals surface area contributed by atoms with Gasteiger partial charge in [-0.1, -0.05) is 6.08 Å². The number of aromatic nitrogens is 2. The summed E-state index contributed by atoms with van der Waals surface area (Å²) in [7, 11) is -3.48. The molecule has 0 bridgehead atoms. The van der Waals surface area contributed by atoms with Crippen molar-refractivity contribution in [2.24, 2.45) is 5.92 Å². The number of nitrogens with zero attached hydrogens (tertiary/aromatic N) is 3. The molecule has 2 fully saturated rings. The molecule has 9 nitrogen and oxygen atoms in total. The van der Waals surface area contributed by atoms with Crippen LogP contribution in [-0.2, 0) is 19.7 Å². The lowest BCUT2D eigenvalue weighted by atomic mass is 9.98. The molecule has 1 saturated heterocycles. The number of hydrogen-bond acceptors (Lipinski definition) is 5. The smallest absolute Gasteiger partial charge is 0.282 e. The van der Waals surface area contributed by atoms with Gasteiger partial charge >= 0.3 is 0 Å². The lowest BCUT2D eigenvalue weighted by molar-refractivity contribution is -0.117. The molecule has 30 heavy (non-hydrogen) atoms. The Morgan fingerprint density at radius 2 is 2.00 bits per heavy atom. The SMILES string of the molecule is O=C(Nc1cc(C2=CCN(S(=O)(=O)N3CCOCC3)CC2)c2cc[nH]c2n1)C1CC1. The Morgan fingerprint density at radius 1 is 1.20 bits per heavy atom. The summed E-state index contributed by atoms with van der Waals surface area (Å²) in [5.74, 6) is 0.642. The highest BCUT2D eigenvalue weighted by Gasteiger charge is 2.33. The van der Waals surface area contributed by atoms with Gasteiger partial charge in [-0.2, -0.15) is 17.0 Å². The molecule has 0 aromatic carbocycles. The van der Waals surface area contributed by atoms with E-state index in [0.29, 0.717) is 57.3 Å². The van der Waals surface area contributed by atoms with Crippen LogP contribution in [0.2, 0.25) is 0 Å². The summed E-state index contributed by atoms with van der Waals surface area (Å²) < 4.78 is 34.1. The van der Waals surface area contributed by atoms with E-state index in [1.165, 1.54) is 8.61 Å². The first-order valence-electron chi connectivity index (χ1n) is 10.3. The first kappa shape index (κ1) is 19.7. The van der Waals surface area contributed by atoms with Gasteiger partial charge in [-0.25, -0.2) is 4.98 Å². The second-order valence-electron chi connectivity index (χ2n) is 7.92. The Labute approximate surface area is 175 Å². The second kappa shape index (κ2) is 7.77. The average molecular weight is 432 g/mol. The highest BCUT2D eigenvalue weighted by atomic mass is 32.2. The third-order valence-corrected chi connectivity index (χ3v) is 7.87. The number of pyridine rings is 1. The minimum absolute atomic E-state index is 0.0137. The van der Waals surface area contributed by atoms with Crippen LogP contribution in [0.4, 0.5) is 5.82 Å². The molecule has 1 saturated carbocycles. The molecular formula is C20H25N5O4S. The predicted molar refractivity (Wildman–Crippen MR) is 113 cm³/mol. The van der Waals surface area contributed by atoms with Crippen LogP contribution in [0, 0.1) is 5.92 Å². The number of hydrogen-bond donors (Lipinski definition) is 2. The number of H-pyrrole nitrogens is 1. The molecule has 2 N–H and O–H groups in total. The van der Waals surface area contributed by atoms with Crippen LogP contribution in [0.1, 0.15) is 24.8 Å². The third-order valence-electron chi connectivity index (χ3n) is 5.87. The van der Waals surface area contributed by atoms with Gasteiger partial charge in [0.05, 0.1) is 13.2 Å². The Bertz CT molecular complexity index is 1100. The molecule has 1 amide bonds. The molecule has 2 aliphatic heterocycles. The molecule has 0 radical (unpaired) electrons. The summed E-state index contributed by atoms with van der Waals surface area (Å²) in [6, 6.07) is 3.86. The maximum absolute atomic E-state index is 12.9. The number of amides is 1. The normalized spacial score (nSPS) is 21.5. The van der Waals surface area contributed by atoms with Crippen molar-refractivity contribution in [2.75, 3.05) is 44.7 Å². The van der Waals surface area contributed by atoms with E-state index in [2.05, 4.69) is 15.3 Å². The van der Waals surface area contributed by atoms with Crippen molar-refractivity contribution in [1.82, 2.24) is 18.6 Å². The highest BCUT2D eigenvalue weighted by Crippen LogP contribution is 2.33. The molecule has 0 unspecified atom stereocenters. The van der Waals surface area contributed by atoms with Crippen molar-refractivity contribution < 1.29 is 17.9 Å². The molecule has 3 aliphatic rings. The summed E-state index contributed by atoms with van der Waals surface area (Å²) in [5, 5.41) is 3.89. The fourth-order valence-electron chi connectivity index (χ4n) is 3.99. The first-order chi connectivity index (χ1) is 14.5. The molecule has 2 aromatic rings. The van der Waals surface area contributed by atoms with Gasteiger partial charge < -0.3 is 15.0 Å². The molecule has 5 rings (SSSR count). The number of ether oxygens (including phenoxy) is 1. The van der Waals surface area contributed by atoms with E-state index in [-0.39, 0.29) is 11.8 Å². The van der Waals surface area contributed by atoms with Crippen LogP contribution in [0.15, 0.2) is 24.4 Å². The zero-order valence-corrected chi connectivity index (χ0v) is 17.5. The molecule has 0 spiro atoms. The molecule has 1 aliphatic carbocycles. The Balaban J connectivity index is 1.39. The summed E-state index contributed by atoms with van der Waals surface area (Å²) >= 11 is 0. The van der Waals surface area contributed by atoms with Gasteiger partial charge in [0.25, 0.3) is 10.2 Å². The van der Waals surface area contributed by atoms with E-state index < -0.39 is 10.2 Å². The zero-order valence-electron chi connectivity index (χ0n) is 16.6. The van der Waals surface area contributed by atoms with E-state index in [9.17, 15) is 13.2 Å². The number of nitrogens with one attached hydrogen (secondary N) is 2. The summed E-state index contributed by atoms with van der Waals surface area (Å²) in [6.45, 7) is 2.41. The van der Waals surface area contributed by atoms with Crippen molar-refractivity contribution in [3.63, 3.8) is 0 Å². The monoisotopic (exact) mass is 431 g/mol. The van der Waals surface area contributed by atoms with E-state index in [0.717, 1.165) is 29.4 Å². The highest BCUT2D eigenvalue weighted by molar-refractivity contribution is 7.86. The van der Waals surface area contributed by atoms with Gasteiger partial charge in [0, 0.05) is 43.7 Å². The van der Waals surface area contributed by atoms with Gasteiger partial charge in [-0.3, -0.25) is 4.79 Å². The first-order valence-corrected chi connectivity index (χ1v) is 11.7. The van der Waals surface area contributed by atoms with Crippen LogP contribution in [0.25, 0.3) is 16.6 Å². The molecule has 4 heterocycles. The zero-order chi connectivity index (χ0) is 20.7. The van der Waals surface area contributed by atoms with Gasteiger partial charge in [-0.05, 0) is 42.5 Å². The minimum Gasteiger partial charge on any atom is -0.379 e. The number of fused-ring (bicyclic) bond motifs is 1. The number of morpholine rings is 1. The summed E-state index contributed by atoms with van der Waals surface area (Å²) in [6.07, 6.45) is 6.26. The maximum atomic E-state index is 12.9. The lowest BCUT2D eigenvalue weighted by Crippen LogP contribution is -2.49.